The molecular weight excluding hydrogens is 330 g/mol. The van der Waals surface area contributed by atoms with E-state index in [2.05, 4.69) is 10.3 Å². The predicted octanol–water partition coefficient (Wildman–Crippen LogP) is 4.28. The molecule has 0 unspecified atom stereocenters. The van der Waals surface area contributed by atoms with Gasteiger partial charge >= 0.3 is 0 Å². The maximum atomic E-state index is 12.8. The van der Waals surface area contributed by atoms with Crippen molar-refractivity contribution in [3.63, 3.8) is 0 Å². The lowest BCUT2D eigenvalue weighted by atomic mass is 9.69. The molecule has 6 heteroatoms. The molecule has 1 heterocycles. The lowest BCUT2D eigenvalue weighted by molar-refractivity contribution is -0.384. The summed E-state index contributed by atoms with van der Waals surface area (Å²) < 4.78 is 0. The van der Waals surface area contributed by atoms with E-state index in [0.29, 0.717) is 5.69 Å². The average molecular weight is 347 g/mol. The number of fused-ring (bicyclic) bond motifs is 1. The summed E-state index contributed by atoms with van der Waals surface area (Å²) in [7, 11) is 0. The van der Waals surface area contributed by atoms with Crippen LogP contribution in [0.1, 0.15) is 24.3 Å². The van der Waals surface area contributed by atoms with Gasteiger partial charge in [0.15, 0.2) is 0 Å². The van der Waals surface area contributed by atoms with Crippen LogP contribution < -0.4 is 5.32 Å². The molecule has 1 amide bonds. The van der Waals surface area contributed by atoms with Crippen molar-refractivity contribution >= 4 is 28.2 Å². The average Bonchev–Trinajstić information content (AvgIpc) is 2.61. The van der Waals surface area contributed by atoms with E-state index in [1.807, 2.05) is 36.4 Å². The number of amides is 1. The van der Waals surface area contributed by atoms with Crippen molar-refractivity contribution < 1.29 is 9.72 Å². The van der Waals surface area contributed by atoms with Gasteiger partial charge in [-0.25, -0.2) is 0 Å². The largest absolute Gasteiger partial charge is 0.324 e. The Bertz CT molecular complexity index is 997. The highest BCUT2D eigenvalue weighted by Gasteiger charge is 2.38. The fraction of sp³-hybridized carbons (Fsp3) is 0.200. The number of benzene rings is 2. The molecule has 2 atom stereocenters. The monoisotopic (exact) mass is 347 g/mol. The number of rotatable bonds is 4. The molecule has 1 N–H and O–H groups in total. The first-order valence-corrected chi connectivity index (χ1v) is 8.52. The zero-order valence-electron chi connectivity index (χ0n) is 14.0. The number of nitro groups is 1. The summed E-state index contributed by atoms with van der Waals surface area (Å²) in [5, 5.41) is 14.9. The number of hydrogen-bond donors (Lipinski definition) is 1. The molecule has 1 saturated carbocycles. The molecule has 0 radical (unpaired) electrons. The summed E-state index contributed by atoms with van der Waals surface area (Å²) in [4.78, 5) is 27.7. The number of carbonyl (C=O) groups excluding carboxylic acids is 1. The molecule has 3 aromatic rings. The van der Waals surface area contributed by atoms with E-state index in [9.17, 15) is 14.9 Å². The Balaban J connectivity index is 1.55. The number of carbonyl (C=O) groups is 1. The number of anilines is 1. The van der Waals surface area contributed by atoms with E-state index in [0.717, 1.165) is 29.3 Å². The van der Waals surface area contributed by atoms with Gasteiger partial charge in [0.1, 0.15) is 0 Å². The molecule has 0 aliphatic heterocycles. The smallest absolute Gasteiger partial charge is 0.269 e. The van der Waals surface area contributed by atoms with Gasteiger partial charge in [-0.3, -0.25) is 19.9 Å². The van der Waals surface area contributed by atoms with Crippen LogP contribution in [0.4, 0.5) is 11.4 Å². The van der Waals surface area contributed by atoms with Crippen LogP contribution in [0.25, 0.3) is 10.9 Å². The molecule has 1 aliphatic carbocycles. The number of aromatic nitrogens is 1. The third kappa shape index (κ3) is 2.90. The molecule has 4 rings (SSSR count). The van der Waals surface area contributed by atoms with Crippen molar-refractivity contribution in [1.82, 2.24) is 4.98 Å². The van der Waals surface area contributed by atoms with Gasteiger partial charge in [-0.2, -0.15) is 0 Å². The normalized spacial score (nSPS) is 18.9. The second kappa shape index (κ2) is 6.55. The number of nitrogens with one attached hydrogen (secondary N) is 1. The lowest BCUT2D eigenvalue weighted by Gasteiger charge is -2.35. The number of non-ortho nitro benzene ring substituents is 1. The van der Waals surface area contributed by atoms with Crippen LogP contribution in [0.15, 0.2) is 60.8 Å². The molecule has 6 nitrogen and oxygen atoms in total. The molecule has 0 bridgehead atoms. The van der Waals surface area contributed by atoms with Gasteiger partial charge in [0.2, 0.25) is 5.91 Å². The Hall–Kier alpha value is -3.28. The summed E-state index contributed by atoms with van der Waals surface area (Å²) >= 11 is 0. The van der Waals surface area contributed by atoms with Crippen molar-refractivity contribution in [2.75, 3.05) is 5.32 Å². The Morgan fingerprint density at radius 3 is 2.69 bits per heavy atom. The summed E-state index contributed by atoms with van der Waals surface area (Å²) in [5.74, 6) is -0.236. The number of nitro benzene ring substituents is 1. The highest BCUT2D eigenvalue weighted by molar-refractivity contribution is 6.01. The molecule has 0 spiro atoms. The van der Waals surface area contributed by atoms with Crippen LogP contribution in [0.2, 0.25) is 0 Å². The highest BCUT2D eigenvalue weighted by atomic mass is 16.6. The van der Waals surface area contributed by atoms with Gasteiger partial charge < -0.3 is 5.32 Å². The van der Waals surface area contributed by atoms with E-state index in [1.165, 1.54) is 6.07 Å². The first-order chi connectivity index (χ1) is 12.6. The molecule has 130 valence electrons. The number of para-hydroxylation sites is 1. The Morgan fingerprint density at radius 2 is 1.92 bits per heavy atom. The van der Waals surface area contributed by atoms with Crippen LogP contribution in [0, 0.1) is 16.0 Å². The minimum Gasteiger partial charge on any atom is -0.324 e. The van der Waals surface area contributed by atoms with E-state index in [1.54, 1.807) is 18.3 Å². The lowest BCUT2D eigenvalue weighted by Crippen LogP contribution is -2.35. The fourth-order valence-corrected chi connectivity index (χ4v) is 3.51. The quantitative estimate of drug-likeness (QED) is 0.564. The van der Waals surface area contributed by atoms with Gasteiger partial charge in [-0.1, -0.05) is 30.3 Å². The highest BCUT2D eigenvalue weighted by Crippen LogP contribution is 2.44. The third-order valence-electron chi connectivity index (χ3n) is 5.01. The van der Waals surface area contributed by atoms with Crippen molar-refractivity contribution in [2.45, 2.75) is 18.8 Å². The molecule has 1 aliphatic rings. The van der Waals surface area contributed by atoms with Gasteiger partial charge in [-0.15, -0.1) is 0 Å². The summed E-state index contributed by atoms with van der Waals surface area (Å²) in [6, 6.07) is 16.1. The first-order valence-electron chi connectivity index (χ1n) is 8.52. The van der Waals surface area contributed by atoms with Crippen LogP contribution in [0.3, 0.4) is 0 Å². The van der Waals surface area contributed by atoms with Gasteiger partial charge in [0.05, 0.1) is 16.1 Å². The number of nitrogens with zero attached hydrogens (tertiary/aromatic N) is 2. The zero-order chi connectivity index (χ0) is 18.1. The van der Waals surface area contributed by atoms with E-state index in [-0.39, 0.29) is 23.4 Å². The molecule has 1 fully saturated rings. The summed E-state index contributed by atoms with van der Waals surface area (Å²) in [6.45, 7) is 0. The zero-order valence-corrected chi connectivity index (χ0v) is 14.0. The molecule has 1 aromatic heterocycles. The summed E-state index contributed by atoms with van der Waals surface area (Å²) in [5.41, 5.74) is 2.36. The van der Waals surface area contributed by atoms with Gasteiger partial charge in [-0.05, 0) is 36.5 Å². The Kier molecular flexibility index (Phi) is 4.08. The standard InChI is InChI=1S/C20H17N3O3/c24-20(22-18-8-2-4-13-6-3-11-21-19(13)18)17-10-9-16(17)14-5-1-7-15(12-14)23(25)26/h1-8,11-12,16-17H,9-10H2,(H,22,24)/t16-,17-/m1/s1. The first kappa shape index (κ1) is 16.2. The van der Waals surface area contributed by atoms with Gasteiger partial charge in [0, 0.05) is 29.6 Å². The van der Waals surface area contributed by atoms with Crippen LogP contribution in [0.5, 0.6) is 0 Å². The Morgan fingerprint density at radius 1 is 1.12 bits per heavy atom. The van der Waals surface area contributed by atoms with Gasteiger partial charge in [0.25, 0.3) is 5.69 Å². The topological polar surface area (TPSA) is 85.1 Å². The SMILES string of the molecule is O=C(Nc1cccc2cccnc12)[C@@H]1CC[C@@H]1c1cccc([N+](=O)[O-])c1. The van der Waals surface area contributed by atoms with Crippen molar-refractivity contribution in [2.24, 2.45) is 5.92 Å². The second-order valence-corrected chi connectivity index (χ2v) is 6.51. The molecule has 0 saturated heterocycles. The van der Waals surface area contributed by atoms with Crippen molar-refractivity contribution in [3.8, 4) is 0 Å². The second-order valence-electron chi connectivity index (χ2n) is 6.51. The minimum atomic E-state index is -0.404. The summed E-state index contributed by atoms with van der Waals surface area (Å²) in [6.07, 6.45) is 3.33. The van der Waals surface area contributed by atoms with Crippen molar-refractivity contribution in [1.29, 1.82) is 0 Å². The maximum Gasteiger partial charge on any atom is 0.269 e. The Labute approximate surface area is 150 Å². The van der Waals surface area contributed by atoms with E-state index >= 15 is 0 Å². The maximum absolute atomic E-state index is 12.8. The molecule has 2 aromatic carbocycles. The van der Waals surface area contributed by atoms with E-state index < -0.39 is 4.92 Å². The predicted molar refractivity (Wildman–Crippen MR) is 98.9 cm³/mol. The number of hydrogen-bond acceptors (Lipinski definition) is 4. The van der Waals surface area contributed by atoms with Crippen LogP contribution in [-0.4, -0.2) is 15.8 Å². The van der Waals surface area contributed by atoms with Crippen LogP contribution in [-0.2, 0) is 4.79 Å². The fourth-order valence-electron chi connectivity index (χ4n) is 3.51. The van der Waals surface area contributed by atoms with E-state index in [4.69, 9.17) is 0 Å². The molecular formula is C20H17N3O3. The van der Waals surface area contributed by atoms with Crippen LogP contribution >= 0.6 is 0 Å². The van der Waals surface area contributed by atoms with Crippen molar-refractivity contribution in [3.05, 3.63) is 76.5 Å². The minimum absolute atomic E-state index is 0.0119. The third-order valence-corrected chi connectivity index (χ3v) is 5.01. The molecule has 26 heavy (non-hydrogen) atoms. The number of pyridine rings is 1.